The van der Waals surface area contributed by atoms with Crippen molar-refractivity contribution in [2.45, 2.75) is 19.6 Å². The Bertz CT molecular complexity index is 227. The van der Waals surface area contributed by atoms with Crippen molar-refractivity contribution >= 4 is 19.3 Å². The molecule has 0 aromatic heterocycles. The van der Waals surface area contributed by atoms with Crippen LogP contribution in [-0.4, -0.2) is 32.5 Å². The highest BCUT2D eigenvalue weighted by Crippen LogP contribution is 2.41. The van der Waals surface area contributed by atoms with Gasteiger partial charge in [-0.2, -0.15) is 0 Å². The van der Waals surface area contributed by atoms with E-state index in [2.05, 4.69) is 0 Å². The average Bonchev–Trinajstić information content (AvgIpc) is 2.60. The molecule has 0 aromatic carbocycles. The number of hydrogen-bond acceptors (Lipinski definition) is 4. The van der Waals surface area contributed by atoms with Crippen molar-refractivity contribution in [1.82, 2.24) is 4.67 Å². The Kier molecular flexibility index (Phi) is 2.25. The molecule has 62 valence electrons. The zero-order valence-electron chi connectivity index (χ0n) is 5.89. The highest BCUT2D eigenvalue weighted by atomic mass is 31.1. The van der Waals surface area contributed by atoms with Gasteiger partial charge in [0.15, 0.2) is 14.2 Å². The van der Waals surface area contributed by atoms with Crippen LogP contribution < -0.4 is 4.89 Å². The first-order valence-electron chi connectivity index (χ1n) is 3.14. The van der Waals surface area contributed by atoms with Crippen LogP contribution in [0.25, 0.3) is 0 Å². The van der Waals surface area contributed by atoms with Gasteiger partial charge in [-0.15, -0.1) is 0 Å². The third-order valence-corrected chi connectivity index (χ3v) is 2.83. The molecule has 0 saturated heterocycles. The summed E-state index contributed by atoms with van der Waals surface area (Å²) < 4.78 is 1.01. The lowest BCUT2D eigenvalue weighted by molar-refractivity contribution is -0.158. The van der Waals surface area contributed by atoms with Crippen molar-refractivity contribution in [3.63, 3.8) is 0 Å². The number of rotatable bonds is 3. The molecule has 0 radical (unpaired) electrons. The van der Waals surface area contributed by atoms with Crippen LogP contribution in [0, 0.1) is 0 Å². The van der Waals surface area contributed by atoms with Crippen molar-refractivity contribution in [3.05, 3.63) is 0 Å². The molecule has 0 aromatic rings. The SMILES string of the molecule is CCC(O)N1C(C(=O)O)=[P+]1[O-]. The van der Waals surface area contributed by atoms with Crippen molar-refractivity contribution in [2.75, 3.05) is 0 Å². The molecule has 6 heteroatoms. The summed E-state index contributed by atoms with van der Waals surface area (Å²) in [5.41, 5.74) is -0.172. The fourth-order valence-electron chi connectivity index (χ4n) is 0.757. The van der Waals surface area contributed by atoms with E-state index in [1.807, 2.05) is 0 Å². The van der Waals surface area contributed by atoms with E-state index in [9.17, 15) is 9.69 Å². The molecule has 1 aliphatic rings. The maximum absolute atomic E-state index is 10.8. The van der Waals surface area contributed by atoms with E-state index >= 15 is 0 Å². The second-order valence-electron chi connectivity index (χ2n) is 2.14. The van der Waals surface area contributed by atoms with Crippen molar-refractivity contribution < 1.29 is 19.9 Å². The Morgan fingerprint density at radius 3 is 2.73 bits per heavy atom. The van der Waals surface area contributed by atoms with E-state index in [1.54, 1.807) is 6.92 Å². The largest absolute Gasteiger partial charge is 0.612 e. The molecule has 0 bridgehead atoms. The van der Waals surface area contributed by atoms with Crippen LogP contribution in [0.4, 0.5) is 0 Å². The molecule has 0 fully saturated rings. The third-order valence-electron chi connectivity index (χ3n) is 1.39. The maximum Gasteiger partial charge on any atom is 0.396 e. The first-order valence-corrected chi connectivity index (χ1v) is 4.35. The quantitative estimate of drug-likeness (QED) is 0.535. The van der Waals surface area contributed by atoms with Gasteiger partial charge in [0.1, 0.15) is 0 Å². The number of aliphatic hydroxyl groups excluding tert-OH is 1. The summed E-state index contributed by atoms with van der Waals surface area (Å²) >= 11 is 0. The summed E-state index contributed by atoms with van der Waals surface area (Å²) in [4.78, 5) is 21.0. The first kappa shape index (κ1) is 8.62. The molecule has 3 atom stereocenters. The molecule has 0 spiro atoms. The van der Waals surface area contributed by atoms with E-state index in [1.165, 1.54) is 0 Å². The van der Waals surface area contributed by atoms with Gasteiger partial charge in [0, 0.05) is 0 Å². The minimum Gasteiger partial charge on any atom is -0.612 e. The van der Waals surface area contributed by atoms with Gasteiger partial charge in [-0.1, -0.05) is 6.92 Å². The predicted octanol–water partition coefficient (Wildman–Crippen LogP) is -1.08. The number of carbonyl (C=O) groups is 1. The Labute approximate surface area is 64.4 Å². The van der Waals surface area contributed by atoms with Gasteiger partial charge in [-0.25, -0.2) is 4.79 Å². The van der Waals surface area contributed by atoms with Crippen molar-refractivity contribution in [1.29, 1.82) is 0 Å². The summed E-state index contributed by atoms with van der Waals surface area (Å²) in [7, 11) is -1.93. The third kappa shape index (κ3) is 1.41. The summed E-state index contributed by atoms with van der Waals surface area (Å²) in [5.74, 6) is -1.21. The van der Waals surface area contributed by atoms with Crippen LogP contribution in [0.1, 0.15) is 13.3 Å². The first-order chi connectivity index (χ1) is 5.09. The molecule has 3 unspecified atom stereocenters. The van der Waals surface area contributed by atoms with Gasteiger partial charge in [-0.3, -0.25) is 0 Å². The minimum atomic E-state index is -1.93. The molecule has 5 nitrogen and oxygen atoms in total. The van der Waals surface area contributed by atoms with Gasteiger partial charge in [0.2, 0.25) is 0 Å². The smallest absolute Gasteiger partial charge is 0.396 e. The van der Waals surface area contributed by atoms with E-state index in [4.69, 9.17) is 10.2 Å². The zero-order valence-corrected chi connectivity index (χ0v) is 6.78. The molecule has 1 rings (SSSR count). The Morgan fingerprint density at radius 2 is 2.45 bits per heavy atom. The molecule has 0 amide bonds. The topological polar surface area (TPSA) is 83.6 Å². The van der Waals surface area contributed by atoms with Crippen molar-refractivity contribution in [2.24, 2.45) is 0 Å². The molecular weight excluding hydrogens is 169 g/mol. The molecule has 2 N–H and O–H groups in total. The molecule has 0 saturated carbocycles. The lowest BCUT2D eigenvalue weighted by Gasteiger charge is -2.02. The van der Waals surface area contributed by atoms with E-state index in [0.717, 1.165) is 4.67 Å². The minimum absolute atomic E-state index is 0.172. The lowest BCUT2D eigenvalue weighted by Crippen LogP contribution is -2.25. The maximum atomic E-state index is 10.8. The number of hydrogen-bond donors (Lipinski definition) is 2. The van der Waals surface area contributed by atoms with Crippen LogP contribution >= 0.6 is 7.92 Å². The van der Waals surface area contributed by atoms with Gasteiger partial charge in [0.25, 0.3) is 0 Å². The molecule has 11 heavy (non-hydrogen) atoms. The van der Waals surface area contributed by atoms with Gasteiger partial charge >= 0.3 is 11.4 Å². The standard InChI is InChI=1S/C5H8NO4P/c1-2-3(7)6-4(5(8)9)11(6)10/h3,7H,2H2,1H3,(H,8,9). The van der Waals surface area contributed by atoms with Gasteiger partial charge < -0.3 is 15.1 Å². The van der Waals surface area contributed by atoms with Crippen molar-refractivity contribution in [3.8, 4) is 0 Å². The number of aliphatic hydroxyl groups is 1. The van der Waals surface area contributed by atoms with E-state index in [0.29, 0.717) is 6.42 Å². The average molecular weight is 177 g/mol. The summed E-state index contributed by atoms with van der Waals surface area (Å²) in [5, 5.41) is 17.4. The van der Waals surface area contributed by atoms with E-state index < -0.39 is 20.1 Å². The van der Waals surface area contributed by atoms with E-state index in [-0.39, 0.29) is 5.42 Å². The summed E-state index contributed by atoms with van der Waals surface area (Å²) in [6, 6.07) is 0. The van der Waals surface area contributed by atoms with Gasteiger partial charge in [-0.05, 0) is 11.1 Å². The fraction of sp³-hybridized carbons (Fsp3) is 0.600. The second kappa shape index (κ2) is 2.87. The highest BCUT2D eigenvalue weighted by Gasteiger charge is 2.52. The zero-order chi connectivity index (χ0) is 8.59. The Balaban J connectivity index is 2.55. The lowest BCUT2D eigenvalue weighted by atomic mass is 10.4. The molecular formula is C5H8NO4P. The molecule has 0 aliphatic carbocycles. The second-order valence-corrected chi connectivity index (χ2v) is 3.54. The van der Waals surface area contributed by atoms with Crippen LogP contribution in [0.2, 0.25) is 0 Å². The van der Waals surface area contributed by atoms with Crippen LogP contribution in [-0.2, 0) is 4.79 Å². The Hall–Kier alpha value is -0.480. The monoisotopic (exact) mass is 177 g/mol. The molecule has 1 heterocycles. The summed E-state index contributed by atoms with van der Waals surface area (Å²) in [6.45, 7) is 1.69. The highest BCUT2D eigenvalue weighted by molar-refractivity contribution is 7.62. The van der Waals surface area contributed by atoms with Crippen LogP contribution in [0.3, 0.4) is 0 Å². The van der Waals surface area contributed by atoms with Crippen LogP contribution in [0.5, 0.6) is 0 Å². The Morgan fingerprint density at radius 1 is 1.91 bits per heavy atom. The number of nitrogens with zero attached hydrogens (tertiary/aromatic N) is 1. The number of aliphatic carboxylic acids is 1. The van der Waals surface area contributed by atoms with Gasteiger partial charge in [0.05, 0.1) is 0 Å². The molecule has 1 aliphatic heterocycles. The predicted molar refractivity (Wildman–Crippen MR) is 37.7 cm³/mol. The normalized spacial score (nSPS) is 28.5. The number of carboxylic acid groups (broad SMARTS) is 1. The number of carboxylic acids is 1. The van der Waals surface area contributed by atoms with Crippen LogP contribution in [0.15, 0.2) is 0 Å². The fourth-order valence-corrected chi connectivity index (χ4v) is 1.94. The summed E-state index contributed by atoms with van der Waals surface area (Å²) in [6.07, 6.45) is -0.539.